The summed E-state index contributed by atoms with van der Waals surface area (Å²) in [7, 11) is -3.20. The SMILES string of the molecule is Cc1cc(N2CCCc3cc(S(C)(=O)=O)ccc3C2)cc(C)c1NC(=O)CC(C)(C)C. The molecule has 5 nitrogen and oxygen atoms in total. The maximum absolute atomic E-state index is 12.4. The lowest BCUT2D eigenvalue weighted by Crippen LogP contribution is -2.23. The van der Waals surface area contributed by atoms with Crippen LogP contribution in [0, 0.1) is 19.3 Å². The number of hydrogen-bond acceptors (Lipinski definition) is 4. The molecule has 1 N–H and O–H groups in total. The molecule has 1 heterocycles. The van der Waals surface area contributed by atoms with Gasteiger partial charge >= 0.3 is 0 Å². The van der Waals surface area contributed by atoms with Crippen molar-refractivity contribution in [1.82, 2.24) is 0 Å². The van der Waals surface area contributed by atoms with Gasteiger partial charge in [-0.05, 0) is 78.6 Å². The minimum absolute atomic E-state index is 0.0387. The first-order chi connectivity index (χ1) is 14.3. The maximum atomic E-state index is 12.4. The molecule has 0 bridgehead atoms. The number of anilines is 2. The second-order valence-electron chi connectivity index (χ2n) is 9.97. The van der Waals surface area contributed by atoms with Crippen LogP contribution in [0.1, 0.15) is 55.9 Å². The first-order valence-corrected chi connectivity index (χ1v) is 12.7. The van der Waals surface area contributed by atoms with Gasteiger partial charge in [-0.2, -0.15) is 0 Å². The molecule has 3 rings (SSSR count). The number of rotatable bonds is 4. The average Bonchev–Trinajstić information content (AvgIpc) is 2.84. The Morgan fingerprint density at radius 1 is 1.06 bits per heavy atom. The standard InChI is InChI=1S/C25H34N2O3S/c1-17-12-21(13-18(2)24(17)26-23(28)15-25(3,4)5)27-11-7-8-19-14-22(31(6,29)30)10-9-20(19)16-27/h9-10,12-14H,7-8,11,15-16H2,1-6H3,(H,26,28). The zero-order chi connectivity index (χ0) is 23.0. The third-order valence-corrected chi connectivity index (χ3v) is 6.79. The second-order valence-corrected chi connectivity index (χ2v) is 12.0. The Bertz CT molecular complexity index is 1080. The van der Waals surface area contributed by atoms with Crippen molar-refractivity contribution in [3.63, 3.8) is 0 Å². The lowest BCUT2D eigenvalue weighted by atomic mass is 9.92. The fourth-order valence-corrected chi connectivity index (χ4v) is 4.84. The highest BCUT2D eigenvalue weighted by molar-refractivity contribution is 7.90. The molecule has 1 aliphatic rings. The Hall–Kier alpha value is -2.34. The van der Waals surface area contributed by atoms with Crippen LogP contribution in [-0.4, -0.2) is 27.1 Å². The van der Waals surface area contributed by atoms with E-state index in [1.807, 2.05) is 26.0 Å². The zero-order valence-electron chi connectivity index (χ0n) is 19.5. The van der Waals surface area contributed by atoms with E-state index >= 15 is 0 Å². The number of aryl methyl sites for hydroxylation is 3. The fourth-order valence-electron chi connectivity index (χ4n) is 4.17. The quantitative estimate of drug-likeness (QED) is 0.721. The summed E-state index contributed by atoms with van der Waals surface area (Å²) in [6, 6.07) is 9.76. The summed E-state index contributed by atoms with van der Waals surface area (Å²) in [5, 5.41) is 3.10. The van der Waals surface area contributed by atoms with Crippen molar-refractivity contribution in [2.24, 2.45) is 5.41 Å². The van der Waals surface area contributed by atoms with E-state index in [1.54, 1.807) is 6.07 Å². The smallest absolute Gasteiger partial charge is 0.224 e. The van der Waals surface area contributed by atoms with E-state index in [0.29, 0.717) is 11.3 Å². The molecule has 31 heavy (non-hydrogen) atoms. The predicted molar refractivity (Wildman–Crippen MR) is 128 cm³/mol. The molecule has 1 aliphatic heterocycles. The van der Waals surface area contributed by atoms with E-state index in [1.165, 1.54) is 11.8 Å². The molecular weight excluding hydrogens is 408 g/mol. The van der Waals surface area contributed by atoms with Crippen molar-refractivity contribution in [2.45, 2.75) is 65.3 Å². The van der Waals surface area contributed by atoms with Gasteiger partial charge in [-0.25, -0.2) is 8.42 Å². The molecule has 0 unspecified atom stereocenters. The van der Waals surface area contributed by atoms with Crippen LogP contribution in [0.5, 0.6) is 0 Å². The molecule has 2 aromatic carbocycles. The number of nitrogens with one attached hydrogen (secondary N) is 1. The van der Waals surface area contributed by atoms with Gasteiger partial charge in [-0.3, -0.25) is 4.79 Å². The minimum Gasteiger partial charge on any atom is -0.367 e. The second kappa shape index (κ2) is 8.65. The minimum atomic E-state index is -3.20. The van der Waals surface area contributed by atoms with E-state index in [0.717, 1.165) is 54.0 Å². The van der Waals surface area contributed by atoms with Crippen LogP contribution >= 0.6 is 0 Å². The van der Waals surface area contributed by atoms with Crippen LogP contribution in [0.25, 0.3) is 0 Å². The van der Waals surface area contributed by atoms with Crippen LogP contribution in [0.15, 0.2) is 35.2 Å². The van der Waals surface area contributed by atoms with Gasteiger partial charge in [0.25, 0.3) is 0 Å². The van der Waals surface area contributed by atoms with Gasteiger partial charge in [0.2, 0.25) is 5.91 Å². The monoisotopic (exact) mass is 442 g/mol. The predicted octanol–water partition coefficient (Wildman–Crippen LogP) is 5.03. The van der Waals surface area contributed by atoms with Gasteiger partial charge in [0.1, 0.15) is 0 Å². The lowest BCUT2D eigenvalue weighted by molar-refractivity contribution is -0.117. The van der Waals surface area contributed by atoms with E-state index in [9.17, 15) is 13.2 Å². The Morgan fingerprint density at radius 2 is 1.71 bits per heavy atom. The lowest BCUT2D eigenvalue weighted by Gasteiger charge is -2.26. The first-order valence-electron chi connectivity index (χ1n) is 10.8. The third-order valence-electron chi connectivity index (χ3n) is 5.68. The van der Waals surface area contributed by atoms with Crippen LogP contribution in [0.2, 0.25) is 0 Å². The number of amides is 1. The van der Waals surface area contributed by atoms with Crippen molar-refractivity contribution in [3.8, 4) is 0 Å². The summed E-state index contributed by atoms with van der Waals surface area (Å²) in [5.74, 6) is 0.0387. The number of carbonyl (C=O) groups is 1. The Morgan fingerprint density at radius 3 is 2.29 bits per heavy atom. The van der Waals surface area contributed by atoms with Crippen molar-refractivity contribution < 1.29 is 13.2 Å². The molecular formula is C25H34N2O3S. The summed E-state index contributed by atoms with van der Waals surface area (Å²) < 4.78 is 23.8. The molecule has 0 spiro atoms. The Labute approximate surface area is 186 Å². The molecule has 2 aromatic rings. The molecule has 0 fully saturated rings. The maximum Gasteiger partial charge on any atom is 0.224 e. The van der Waals surface area contributed by atoms with Crippen molar-refractivity contribution in [2.75, 3.05) is 23.0 Å². The van der Waals surface area contributed by atoms with Gasteiger partial charge in [0.15, 0.2) is 9.84 Å². The van der Waals surface area contributed by atoms with Crippen LogP contribution in [0.4, 0.5) is 11.4 Å². The molecule has 1 amide bonds. The summed E-state index contributed by atoms with van der Waals surface area (Å²) >= 11 is 0. The molecule has 0 atom stereocenters. The topological polar surface area (TPSA) is 66.5 Å². The van der Waals surface area contributed by atoms with Crippen molar-refractivity contribution in [1.29, 1.82) is 0 Å². The molecule has 0 saturated carbocycles. The first kappa shape index (κ1) is 23.3. The highest BCUT2D eigenvalue weighted by Crippen LogP contribution is 2.31. The van der Waals surface area contributed by atoms with E-state index in [4.69, 9.17) is 0 Å². The van der Waals surface area contributed by atoms with Gasteiger partial charge in [-0.1, -0.05) is 26.8 Å². The van der Waals surface area contributed by atoms with Crippen LogP contribution < -0.4 is 10.2 Å². The molecule has 0 aromatic heterocycles. The summed E-state index contributed by atoms with van der Waals surface area (Å²) in [4.78, 5) is 15.2. The van der Waals surface area contributed by atoms with Gasteiger partial charge in [0, 0.05) is 37.1 Å². The number of hydrogen-bond donors (Lipinski definition) is 1. The number of nitrogens with zero attached hydrogens (tertiary/aromatic N) is 1. The number of benzene rings is 2. The van der Waals surface area contributed by atoms with Crippen molar-refractivity contribution >= 4 is 27.1 Å². The number of carbonyl (C=O) groups excluding carboxylic acids is 1. The summed E-state index contributed by atoms with van der Waals surface area (Å²) in [6.45, 7) is 11.9. The summed E-state index contributed by atoms with van der Waals surface area (Å²) in [6.07, 6.45) is 3.56. The molecule has 6 heteroatoms. The van der Waals surface area contributed by atoms with Crippen molar-refractivity contribution in [3.05, 3.63) is 52.6 Å². The van der Waals surface area contributed by atoms with E-state index in [2.05, 4.69) is 43.1 Å². The van der Waals surface area contributed by atoms with E-state index < -0.39 is 9.84 Å². The molecule has 0 saturated heterocycles. The zero-order valence-corrected chi connectivity index (χ0v) is 20.3. The van der Waals surface area contributed by atoms with E-state index in [-0.39, 0.29) is 11.3 Å². The number of fused-ring (bicyclic) bond motifs is 1. The van der Waals surface area contributed by atoms with Gasteiger partial charge < -0.3 is 10.2 Å². The number of sulfone groups is 1. The molecule has 0 radical (unpaired) electrons. The van der Waals surface area contributed by atoms with Gasteiger partial charge in [0.05, 0.1) is 4.90 Å². The van der Waals surface area contributed by atoms with Crippen LogP contribution in [0.3, 0.4) is 0 Å². The van der Waals surface area contributed by atoms with Crippen LogP contribution in [-0.2, 0) is 27.6 Å². The Kier molecular flexibility index (Phi) is 6.51. The normalized spacial score (nSPS) is 14.7. The highest BCUT2D eigenvalue weighted by atomic mass is 32.2. The fraction of sp³-hybridized carbons (Fsp3) is 0.480. The third kappa shape index (κ3) is 5.88. The molecule has 0 aliphatic carbocycles. The average molecular weight is 443 g/mol. The summed E-state index contributed by atoms with van der Waals surface area (Å²) in [5.41, 5.74) is 6.35. The highest BCUT2D eigenvalue weighted by Gasteiger charge is 2.20. The van der Waals surface area contributed by atoms with Gasteiger partial charge in [-0.15, -0.1) is 0 Å². The largest absolute Gasteiger partial charge is 0.367 e. The molecule has 168 valence electrons. The Balaban J connectivity index is 1.84.